The van der Waals surface area contributed by atoms with E-state index in [0.29, 0.717) is 22.6 Å². The van der Waals surface area contributed by atoms with Crippen molar-refractivity contribution in [2.45, 2.75) is 20.8 Å². The summed E-state index contributed by atoms with van der Waals surface area (Å²) in [5.74, 6) is -0.386. The maximum absolute atomic E-state index is 13.5. The van der Waals surface area contributed by atoms with Gasteiger partial charge in [-0.05, 0) is 54.6 Å². The number of carbonyl (C=O) groups is 1. The molecule has 0 fully saturated rings. The van der Waals surface area contributed by atoms with E-state index in [2.05, 4.69) is 30.5 Å². The molecule has 6 aromatic rings. The van der Waals surface area contributed by atoms with Gasteiger partial charge in [0.15, 0.2) is 0 Å². The average Bonchev–Trinajstić information content (AvgIpc) is 3.52. The maximum atomic E-state index is 13.5. The number of benzene rings is 1. The van der Waals surface area contributed by atoms with Gasteiger partial charge in [-0.15, -0.1) is 0 Å². The molecule has 8 nitrogen and oxygen atoms in total. The molecule has 1 aromatic carbocycles. The first kappa shape index (κ1) is 23.5. The number of rotatable bonds is 4. The molecule has 0 radical (unpaired) electrons. The van der Waals surface area contributed by atoms with Gasteiger partial charge in [0.2, 0.25) is 5.91 Å². The van der Waals surface area contributed by atoms with Gasteiger partial charge < -0.3 is 10.3 Å². The van der Waals surface area contributed by atoms with E-state index in [1.165, 1.54) is 12.1 Å². The van der Waals surface area contributed by atoms with Crippen LogP contribution in [0.15, 0.2) is 73.2 Å². The lowest BCUT2D eigenvalue weighted by molar-refractivity contribution is -0.123. The minimum absolute atomic E-state index is 0.0923. The summed E-state index contributed by atoms with van der Waals surface area (Å²) in [7, 11) is 0. The van der Waals surface area contributed by atoms with E-state index >= 15 is 0 Å². The topological polar surface area (TPSA) is 112 Å². The number of hydrogen-bond acceptors (Lipinski definition) is 5. The maximum Gasteiger partial charge on any atom is 0.229 e. The molecule has 0 bridgehead atoms. The molecule has 0 unspecified atom stereocenters. The van der Waals surface area contributed by atoms with Gasteiger partial charge in [-0.25, -0.2) is 9.37 Å². The zero-order valence-corrected chi connectivity index (χ0v) is 21.0. The summed E-state index contributed by atoms with van der Waals surface area (Å²) in [6.45, 7) is 5.58. The Labute approximate surface area is 217 Å². The fraction of sp³-hybridized carbons (Fsp3) is 0.138. The molecule has 0 spiro atoms. The van der Waals surface area contributed by atoms with Gasteiger partial charge in [-0.3, -0.25) is 19.9 Å². The smallest absolute Gasteiger partial charge is 0.229 e. The van der Waals surface area contributed by atoms with Crippen LogP contribution in [0.3, 0.4) is 0 Å². The molecular weight excluding hydrogens is 481 g/mol. The highest BCUT2D eigenvalue weighted by Gasteiger charge is 2.21. The summed E-state index contributed by atoms with van der Waals surface area (Å²) in [6, 6.07) is 15.8. The second kappa shape index (κ2) is 8.88. The zero-order valence-electron chi connectivity index (χ0n) is 21.0. The van der Waals surface area contributed by atoms with Crippen LogP contribution in [0.4, 0.5) is 10.1 Å². The van der Waals surface area contributed by atoms with Crippen molar-refractivity contribution >= 4 is 33.5 Å². The molecule has 5 aromatic heterocycles. The van der Waals surface area contributed by atoms with Crippen molar-refractivity contribution in [1.29, 1.82) is 0 Å². The molecule has 38 heavy (non-hydrogen) atoms. The van der Waals surface area contributed by atoms with E-state index < -0.39 is 5.41 Å². The Hall–Kier alpha value is -4.92. The van der Waals surface area contributed by atoms with Crippen LogP contribution >= 0.6 is 0 Å². The Morgan fingerprint density at radius 3 is 2.53 bits per heavy atom. The number of amides is 1. The fourth-order valence-electron chi connectivity index (χ4n) is 4.23. The normalized spacial score (nSPS) is 11.8. The van der Waals surface area contributed by atoms with Gasteiger partial charge in [0.05, 0.1) is 34.5 Å². The fourth-order valence-corrected chi connectivity index (χ4v) is 4.23. The van der Waals surface area contributed by atoms with Gasteiger partial charge in [-0.1, -0.05) is 20.8 Å². The van der Waals surface area contributed by atoms with E-state index in [4.69, 9.17) is 4.98 Å². The molecule has 0 aliphatic carbocycles. The number of hydrogen-bond donors (Lipinski definition) is 3. The summed E-state index contributed by atoms with van der Waals surface area (Å²) in [5, 5.41) is 11.4. The second-order valence-corrected chi connectivity index (χ2v) is 10.1. The number of nitrogens with zero attached hydrogens (tertiary/aromatic N) is 4. The quantitative estimate of drug-likeness (QED) is 0.258. The van der Waals surface area contributed by atoms with Crippen LogP contribution in [0.5, 0.6) is 0 Å². The number of pyridine rings is 3. The van der Waals surface area contributed by atoms with Crippen LogP contribution in [-0.2, 0) is 4.79 Å². The lowest BCUT2D eigenvalue weighted by Crippen LogP contribution is -2.27. The van der Waals surface area contributed by atoms with Crippen molar-refractivity contribution in [3.63, 3.8) is 0 Å². The molecule has 3 N–H and O–H groups in total. The van der Waals surface area contributed by atoms with E-state index in [9.17, 15) is 9.18 Å². The number of halogens is 1. The van der Waals surface area contributed by atoms with Crippen LogP contribution in [0, 0.1) is 11.2 Å². The molecule has 1 amide bonds. The lowest BCUT2D eigenvalue weighted by atomic mass is 9.95. The van der Waals surface area contributed by atoms with Gasteiger partial charge in [0.1, 0.15) is 17.0 Å². The highest BCUT2D eigenvalue weighted by atomic mass is 19.1. The van der Waals surface area contributed by atoms with Gasteiger partial charge in [0.25, 0.3) is 0 Å². The third kappa shape index (κ3) is 4.28. The number of anilines is 1. The third-order valence-corrected chi connectivity index (χ3v) is 6.30. The van der Waals surface area contributed by atoms with Crippen molar-refractivity contribution in [2.24, 2.45) is 5.41 Å². The molecule has 0 atom stereocenters. The first-order valence-corrected chi connectivity index (χ1v) is 12.1. The van der Waals surface area contributed by atoms with E-state index in [-0.39, 0.29) is 11.7 Å². The molecular formula is C29H24FN7O. The highest BCUT2D eigenvalue weighted by Crippen LogP contribution is 2.33. The average molecular weight is 506 g/mol. The summed E-state index contributed by atoms with van der Waals surface area (Å²) >= 11 is 0. The highest BCUT2D eigenvalue weighted by molar-refractivity contribution is 5.99. The summed E-state index contributed by atoms with van der Waals surface area (Å²) < 4.78 is 13.5. The molecule has 0 saturated carbocycles. The minimum Gasteiger partial charge on any atom is -0.353 e. The van der Waals surface area contributed by atoms with Crippen molar-refractivity contribution in [2.75, 3.05) is 5.32 Å². The molecule has 0 aliphatic heterocycles. The van der Waals surface area contributed by atoms with E-state index in [0.717, 1.165) is 38.9 Å². The molecule has 0 saturated heterocycles. The van der Waals surface area contributed by atoms with Gasteiger partial charge >= 0.3 is 0 Å². The van der Waals surface area contributed by atoms with Crippen LogP contribution < -0.4 is 5.32 Å². The van der Waals surface area contributed by atoms with Crippen LogP contribution in [-0.4, -0.2) is 36.0 Å². The summed E-state index contributed by atoms with van der Waals surface area (Å²) in [5.41, 5.74) is 6.91. The minimum atomic E-state index is -0.523. The Bertz CT molecular complexity index is 1810. The van der Waals surface area contributed by atoms with Gasteiger partial charge in [-0.2, -0.15) is 5.10 Å². The zero-order chi connectivity index (χ0) is 26.4. The van der Waals surface area contributed by atoms with Crippen molar-refractivity contribution in [1.82, 2.24) is 30.1 Å². The third-order valence-electron chi connectivity index (χ3n) is 6.30. The van der Waals surface area contributed by atoms with Crippen LogP contribution in [0.25, 0.3) is 55.8 Å². The van der Waals surface area contributed by atoms with Crippen molar-refractivity contribution in [3.8, 4) is 33.9 Å². The number of nitrogens with one attached hydrogen (secondary N) is 3. The Balaban J connectivity index is 1.39. The lowest BCUT2D eigenvalue weighted by Gasteiger charge is -2.17. The molecule has 188 valence electrons. The molecule has 9 heteroatoms. The number of aromatic amines is 2. The Kier molecular flexibility index (Phi) is 5.48. The van der Waals surface area contributed by atoms with Crippen molar-refractivity contribution in [3.05, 3.63) is 79.0 Å². The van der Waals surface area contributed by atoms with Crippen LogP contribution in [0.2, 0.25) is 0 Å². The first-order chi connectivity index (χ1) is 18.3. The number of fused-ring (bicyclic) bond motifs is 2. The van der Waals surface area contributed by atoms with Crippen LogP contribution in [0.1, 0.15) is 20.8 Å². The van der Waals surface area contributed by atoms with E-state index in [1.54, 1.807) is 30.7 Å². The number of carbonyl (C=O) groups excluding carboxylic acids is 1. The van der Waals surface area contributed by atoms with Gasteiger partial charge in [0, 0.05) is 39.8 Å². The molecule has 0 aliphatic rings. The standard InChI is InChI=1S/C29H24FN7O/c1-29(2,3)28(38)33-19-12-17(14-31-15-19)21-8-9-23-26(35-21)27(37-36-23)24-13-20-22(34-24)10-11-32-25(20)16-4-6-18(30)7-5-16/h4-15,34H,1-3H3,(H,33,38)(H,36,37). The first-order valence-electron chi connectivity index (χ1n) is 12.1. The monoisotopic (exact) mass is 505 g/mol. The number of aromatic nitrogens is 6. The summed E-state index contributed by atoms with van der Waals surface area (Å²) in [4.78, 5) is 29.6. The van der Waals surface area contributed by atoms with E-state index in [1.807, 2.05) is 51.1 Å². The predicted octanol–water partition coefficient (Wildman–Crippen LogP) is 6.35. The Morgan fingerprint density at radius 2 is 1.74 bits per heavy atom. The summed E-state index contributed by atoms with van der Waals surface area (Å²) in [6.07, 6.45) is 5.05. The second-order valence-electron chi connectivity index (χ2n) is 10.1. The SMILES string of the molecule is CC(C)(C)C(=O)Nc1cncc(-c2ccc3[nH]nc(-c4cc5c(-c6ccc(F)cc6)nccc5[nH]4)c3n2)c1. The largest absolute Gasteiger partial charge is 0.353 e. The predicted molar refractivity (Wildman–Crippen MR) is 146 cm³/mol. The Morgan fingerprint density at radius 1 is 0.921 bits per heavy atom. The van der Waals surface area contributed by atoms with Crippen molar-refractivity contribution < 1.29 is 9.18 Å². The molecule has 5 heterocycles. The molecule has 6 rings (SSSR count). The number of H-pyrrole nitrogens is 2.